The molecule has 6 nitrogen and oxygen atoms in total. The molecule has 0 aliphatic heterocycles. The number of hydrogen-bond donors (Lipinski definition) is 3. The van der Waals surface area contributed by atoms with E-state index in [1.807, 2.05) is 0 Å². The number of hydrogen-bond acceptors (Lipinski definition) is 4. The van der Waals surface area contributed by atoms with Crippen molar-refractivity contribution in [2.24, 2.45) is 0 Å². The molecule has 0 unspecified atom stereocenters. The zero-order valence-corrected chi connectivity index (χ0v) is 5.04. The Morgan fingerprint density at radius 3 is 1.56 bits per heavy atom. The second kappa shape index (κ2) is 5.46. The second-order valence-corrected chi connectivity index (χ2v) is 1.66. The third kappa shape index (κ3) is 2020. The van der Waals surface area contributed by atoms with Crippen LogP contribution < -0.4 is 0 Å². The van der Waals surface area contributed by atoms with Gasteiger partial charge in [0, 0.05) is 0 Å². The van der Waals surface area contributed by atoms with Crippen LogP contribution in [-0.2, 0) is 10.4 Å². The van der Waals surface area contributed by atoms with Crippen molar-refractivity contribution in [3.63, 3.8) is 0 Å². The van der Waals surface area contributed by atoms with Gasteiger partial charge < -0.3 is 5.11 Å². The molecule has 0 amide bonds. The molecule has 0 fully saturated rings. The summed E-state index contributed by atoms with van der Waals surface area (Å²) in [6, 6.07) is 1.49. The van der Waals surface area contributed by atoms with E-state index in [9.17, 15) is 0 Å². The van der Waals surface area contributed by atoms with Gasteiger partial charge in [0.25, 0.3) is 0 Å². The number of nitrogens with zero attached hydrogens (tertiary/aromatic N) is 1. The average Bonchev–Trinajstić information content (AvgIpc) is 1.61. The maximum atomic E-state index is 8.74. The molecule has 0 aliphatic carbocycles. The van der Waals surface area contributed by atoms with E-state index in [2.05, 4.69) is 0 Å². The largest absolute Gasteiger partial charge is 0.394 e. The molecule has 9 heavy (non-hydrogen) atoms. The van der Waals surface area contributed by atoms with Crippen molar-refractivity contribution in [1.29, 1.82) is 5.26 Å². The summed E-state index contributed by atoms with van der Waals surface area (Å²) in [5.74, 6) is 0. The first kappa shape index (κ1) is 11.2. The molecule has 0 saturated carbocycles. The minimum absolute atomic E-state index is 0.375. The fourth-order valence-electron chi connectivity index (χ4n) is 0. The number of aliphatic hydroxyl groups excluding tert-OH is 1. The van der Waals surface area contributed by atoms with Crippen molar-refractivity contribution < 1.29 is 22.6 Å². The van der Waals surface area contributed by atoms with Crippen LogP contribution in [0.5, 0.6) is 0 Å². The van der Waals surface area contributed by atoms with Gasteiger partial charge in [0.1, 0.15) is 6.61 Å². The monoisotopic (exact) mass is 155 g/mol. The molecule has 0 aromatic carbocycles. The predicted octanol–water partition coefficient (Wildman–Crippen LogP) is -1.15. The summed E-state index contributed by atoms with van der Waals surface area (Å²) in [7, 11) is -4.67. The van der Waals surface area contributed by atoms with Crippen LogP contribution in [0.15, 0.2) is 0 Å². The first-order valence-corrected chi connectivity index (χ1v) is 2.99. The lowest BCUT2D eigenvalue weighted by Gasteiger charge is -1.68. The van der Waals surface area contributed by atoms with Gasteiger partial charge in [-0.1, -0.05) is 0 Å². The molecule has 54 valence electrons. The Labute approximate surface area is 51.9 Å². The van der Waals surface area contributed by atoms with Gasteiger partial charge in [-0.25, -0.2) is 0 Å². The Bertz CT molecular complexity index is 168. The quantitative estimate of drug-likeness (QED) is 0.300. The summed E-state index contributed by atoms with van der Waals surface area (Å²) >= 11 is 0. The van der Waals surface area contributed by atoms with Crippen molar-refractivity contribution in [2.75, 3.05) is 6.61 Å². The Hall–Kier alpha value is -0.680. The first-order chi connectivity index (χ1) is 3.91. The first-order valence-electron chi connectivity index (χ1n) is 1.59. The zero-order valence-electron chi connectivity index (χ0n) is 4.22. The normalized spacial score (nSPS) is 8.67. The fourth-order valence-corrected chi connectivity index (χ4v) is 0. The Morgan fingerprint density at radius 2 is 1.56 bits per heavy atom. The maximum absolute atomic E-state index is 8.74. The smallest absolute Gasteiger partial charge is 0.381 e. The highest BCUT2D eigenvalue weighted by atomic mass is 32.3. The lowest BCUT2D eigenvalue weighted by molar-refractivity contribution is 0.348. The van der Waals surface area contributed by atoms with E-state index >= 15 is 0 Å². The van der Waals surface area contributed by atoms with Crippen LogP contribution in [0.25, 0.3) is 0 Å². The van der Waals surface area contributed by atoms with Crippen LogP contribution >= 0.6 is 0 Å². The third-order valence-corrected chi connectivity index (χ3v) is 0.0707. The zero-order chi connectivity index (χ0) is 7.91. The van der Waals surface area contributed by atoms with E-state index in [0.717, 1.165) is 0 Å². The summed E-state index contributed by atoms with van der Waals surface area (Å²) in [5.41, 5.74) is 0. The van der Waals surface area contributed by atoms with Gasteiger partial charge in [-0.2, -0.15) is 13.7 Å². The third-order valence-electron chi connectivity index (χ3n) is 0.0707. The van der Waals surface area contributed by atoms with Crippen molar-refractivity contribution in [2.45, 2.75) is 0 Å². The van der Waals surface area contributed by atoms with Crippen LogP contribution in [0.3, 0.4) is 0 Å². The topological polar surface area (TPSA) is 119 Å². The highest BCUT2D eigenvalue weighted by molar-refractivity contribution is 7.79. The number of nitriles is 1. The molecule has 0 aliphatic rings. The summed E-state index contributed by atoms with van der Waals surface area (Å²) in [5, 5.41) is 14.9. The summed E-state index contributed by atoms with van der Waals surface area (Å²) in [4.78, 5) is 0. The Kier molecular flexibility index (Phi) is 6.77. The minimum Gasteiger partial charge on any atom is -0.381 e. The van der Waals surface area contributed by atoms with E-state index in [0.29, 0.717) is 0 Å². The summed E-state index contributed by atoms with van der Waals surface area (Å²) < 4.78 is 31.6. The van der Waals surface area contributed by atoms with Gasteiger partial charge in [-0.3, -0.25) is 9.11 Å². The van der Waals surface area contributed by atoms with Crippen LogP contribution in [0.1, 0.15) is 0 Å². The van der Waals surface area contributed by atoms with Gasteiger partial charge in [0.2, 0.25) is 0 Å². The van der Waals surface area contributed by atoms with Crippen molar-refractivity contribution in [3.8, 4) is 6.07 Å². The van der Waals surface area contributed by atoms with Gasteiger partial charge in [0.05, 0.1) is 6.07 Å². The van der Waals surface area contributed by atoms with Crippen LogP contribution in [0.4, 0.5) is 0 Å². The average molecular weight is 155 g/mol. The molecular formula is C2H5NO5S. The molecule has 0 bridgehead atoms. The lowest BCUT2D eigenvalue weighted by atomic mass is 10.9. The molecule has 0 spiro atoms. The molecule has 0 saturated heterocycles. The number of rotatable bonds is 0. The van der Waals surface area contributed by atoms with Crippen molar-refractivity contribution >= 4 is 10.4 Å². The second-order valence-electron chi connectivity index (χ2n) is 0.764. The standard InChI is InChI=1S/C2H3NO.H2O4S/c3-1-2-4;1-5(2,3)4/h4H,2H2;(H2,1,2,3,4). The molecular weight excluding hydrogens is 150 g/mol. The molecule has 0 radical (unpaired) electrons. The highest BCUT2D eigenvalue weighted by Gasteiger charge is 1.84. The van der Waals surface area contributed by atoms with Crippen LogP contribution in [0, 0.1) is 11.3 Å². The fraction of sp³-hybridized carbons (Fsp3) is 0.500. The Morgan fingerprint density at radius 1 is 1.44 bits per heavy atom. The molecule has 3 N–H and O–H groups in total. The summed E-state index contributed by atoms with van der Waals surface area (Å²) in [6.45, 7) is -0.375. The van der Waals surface area contributed by atoms with E-state index in [4.69, 9.17) is 27.9 Å². The van der Waals surface area contributed by atoms with Crippen LogP contribution in [0.2, 0.25) is 0 Å². The molecule has 0 atom stereocenters. The molecule has 0 aromatic rings. The molecule has 0 rings (SSSR count). The van der Waals surface area contributed by atoms with Crippen LogP contribution in [-0.4, -0.2) is 29.2 Å². The van der Waals surface area contributed by atoms with Gasteiger partial charge >= 0.3 is 10.4 Å². The van der Waals surface area contributed by atoms with E-state index < -0.39 is 10.4 Å². The molecule has 0 heterocycles. The van der Waals surface area contributed by atoms with Crippen molar-refractivity contribution in [3.05, 3.63) is 0 Å². The van der Waals surface area contributed by atoms with E-state index in [1.165, 1.54) is 6.07 Å². The maximum Gasteiger partial charge on any atom is 0.394 e. The predicted molar refractivity (Wildman–Crippen MR) is 26.9 cm³/mol. The lowest BCUT2D eigenvalue weighted by Crippen LogP contribution is -1.89. The molecule has 0 aromatic heterocycles. The van der Waals surface area contributed by atoms with Crippen molar-refractivity contribution in [1.82, 2.24) is 0 Å². The van der Waals surface area contributed by atoms with Gasteiger partial charge in [-0.15, -0.1) is 0 Å². The van der Waals surface area contributed by atoms with E-state index in [-0.39, 0.29) is 6.61 Å². The van der Waals surface area contributed by atoms with Gasteiger partial charge in [-0.05, 0) is 0 Å². The number of aliphatic hydroxyl groups is 1. The minimum atomic E-state index is -4.67. The van der Waals surface area contributed by atoms with Gasteiger partial charge in [0.15, 0.2) is 0 Å². The van der Waals surface area contributed by atoms with E-state index in [1.54, 1.807) is 0 Å². The molecule has 7 heteroatoms. The SMILES string of the molecule is N#CCO.O=S(=O)(O)O. The Balaban J connectivity index is 0. The summed E-state index contributed by atoms with van der Waals surface area (Å²) in [6.07, 6.45) is 0. The highest BCUT2D eigenvalue weighted by Crippen LogP contribution is 1.59.